The summed E-state index contributed by atoms with van der Waals surface area (Å²) in [6.45, 7) is 1.96. The maximum Gasteiger partial charge on any atom is 0.308 e. The predicted octanol–water partition coefficient (Wildman–Crippen LogP) is 2.35. The number of aryl methyl sites for hydroxylation is 1. The minimum absolute atomic E-state index is 0.0296. The number of ether oxygens (including phenoxy) is 1. The van der Waals surface area contributed by atoms with Gasteiger partial charge in [-0.2, -0.15) is 0 Å². The number of benzene rings is 1. The van der Waals surface area contributed by atoms with Gasteiger partial charge < -0.3 is 9.84 Å². The number of aliphatic hydroxyl groups excluding tert-OH is 1. The van der Waals surface area contributed by atoms with Gasteiger partial charge in [0.2, 0.25) is 0 Å². The molecule has 1 unspecified atom stereocenters. The van der Waals surface area contributed by atoms with E-state index in [0.717, 1.165) is 10.0 Å². The van der Waals surface area contributed by atoms with Crippen LogP contribution in [0, 0.1) is 6.92 Å². The molecular weight excluding hydrogens is 260 g/mol. The van der Waals surface area contributed by atoms with Gasteiger partial charge in [0, 0.05) is 4.47 Å². The highest BCUT2D eigenvalue weighted by Gasteiger charge is 2.15. The van der Waals surface area contributed by atoms with Crippen LogP contribution in [0.15, 0.2) is 22.7 Å². The van der Waals surface area contributed by atoms with E-state index < -0.39 is 12.1 Å². The second kappa shape index (κ2) is 5.28. The van der Waals surface area contributed by atoms with Gasteiger partial charge in [0.1, 0.15) is 0 Å². The third kappa shape index (κ3) is 3.32. The van der Waals surface area contributed by atoms with Gasteiger partial charge in [-0.05, 0) is 24.1 Å². The summed E-state index contributed by atoms with van der Waals surface area (Å²) in [6, 6.07) is 5.59. The van der Waals surface area contributed by atoms with Crippen LogP contribution in [0.1, 0.15) is 23.7 Å². The fourth-order valence-electron chi connectivity index (χ4n) is 1.25. The highest BCUT2D eigenvalue weighted by Crippen LogP contribution is 2.26. The molecule has 0 heterocycles. The molecule has 0 radical (unpaired) electrons. The molecule has 1 aromatic rings. The molecule has 1 rings (SSSR count). The molecule has 15 heavy (non-hydrogen) atoms. The number of halogens is 1. The van der Waals surface area contributed by atoms with Crippen molar-refractivity contribution in [2.24, 2.45) is 0 Å². The molecule has 0 aliphatic heterocycles. The minimum Gasteiger partial charge on any atom is -0.469 e. The summed E-state index contributed by atoms with van der Waals surface area (Å²) in [4.78, 5) is 11.0. The second-order valence-electron chi connectivity index (χ2n) is 3.32. The summed E-state index contributed by atoms with van der Waals surface area (Å²) >= 11 is 3.35. The maximum atomic E-state index is 11.0. The monoisotopic (exact) mass is 272 g/mol. The Balaban J connectivity index is 2.82. The van der Waals surface area contributed by atoms with Crippen LogP contribution in [0.2, 0.25) is 0 Å². The van der Waals surface area contributed by atoms with Gasteiger partial charge in [-0.25, -0.2) is 0 Å². The van der Waals surface area contributed by atoms with Gasteiger partial charge >= 0.3 is 5.97 Å². The van der Waals surface area contributed by atoms with Crippen LogP contribution < -0.4 is 0 Å². The Labute approximate surface area is 97.2 Å². The number of esters is 1. The Kier molecular flexibility index (Phi) is 4.29. The molecule has 0 saturated heterocycles. The Morgan fingerprint density at radius 2 is 2.27 bits per heavy atom. The lowest BCUT2D eigenvalue weighted by Crippen LogP contribution is -2.08. The average Bonchev–Trinajstić information content (AvgIpc) is 2.17. The zero-order valence-electron chi connectivity index (χ0n) is 8.66. The van der Waals surface area contributed by atoms with Crippen LogP contribution in [0.4, 0.5) is 0 Å². The first-order valence-corrected chi connectivity index (χ1v) is 5.35. The van der Waals surface area contributed by atoms with Crippen molar-refractivity contribution in [2.75, 3.05) is 7.11 Å². The summed E-state index contributed by atoms with van der Waals surface area (Å²) in [5, 5.41) is 9.76. The van der Waals surface area contributed by atoms with E-state index in [2.05, 4.69) is 20.7 Å². The number of methoxy groups -OCH3 is 1. The summed E-state index contributed by atoms with van der Waals surface area (Å²) in [5.74, 6) is -0.421. The number of carbonyl (C=O) groups is 1. The number of hydrogen-bond donors (Lipinski definition) is 1. The predicted molar refractivity (Wildman–Crippen MR) is 60.5 cm³/mol. The third-order valence-corrected chi connectivity index (χ3v) is 2.79. The van der Waals surface area contributed by atoms with E-state index in [9.17, 15) is 9.90 Å². The molecule has 1 atom stereocenters. The van der Waals surface area contributed by atoms with Crippen LogP contribution in [-0.4, -0.2) is 18.2 Å². The molecule has 0 bridgehead atoms. The molecular formula is C11H13BrO3. The van der Waals surface area contributed by atoms with E-state index >= 15 is 0 Å². The van der Waals surface area contributed by atoms with E-state index in [1.54, 1.807) is 6.07 Å². The van der Waals surface area contributed by atoms with Crippen LogP contribution in [0.3, 0.4) is 0 Å². The van der Waals surface area contributed by atoms with Crippen molar-refractivity contribution in [3.8, 4) is 0 Å². The molecule has 1 N–H and O–H groups in total. The van der Waals surface area contributed by atoms with Gasteiger partial charge in [0.05, 0.1) is 19.6 Å². The fourth-order valence-corrected chi connectivity index (χ4v) is 2.01. The van der Waals surface area contributed by atoms with Crippen molar-refractivity contribution in [2.45, 2.75) is 19.4 Å². The van der Waals surface area contributed by atoms with E-state index in [0.29, 0.717) is 5.56 Å². The Morgan fingerprint density at radius 3 is 2.80 bits per heavy atom. The standard InChI is InChI=1S/C11H13BrO3/c1-7-3-4-8(9(12)5-7)10(13)6-11(14)15-2/h3-5,10,13H,6H2,1-2H3. The first-order valence-electron chi connectivity index (χ1n) is 4.55. The van der Waals surface area contributed by atoms with E-state index in [1.165, 1.54) is 7.11 Å². The minimum atomic E-state index is -0.826. The maximum absolute atomic E-state index is 11.0. The fraction of sp³-hybridized carbons (Fsp3) is 0.364. The van der Waals surface area contributed by atoms with Crippen LogP contribution in [0.5, 0.6) is 0 Å². The Hall–Kier alpha value is -0.870. The van der Waals surface area contributed by atoms with Crippen LogP contribution in [-0.2, 0) is 9.53 Å². The number of hydrogen-bond acceptors (Lipinski definition) is 3. The Morgan fingerprint density at radius 1 is 1.60 bits per heavy atom. The summed E-state index contributed by atoms with van der Waals surface area (Å²) in [7, 11) is 1.30. The van der Waals surface area contributed by atoms with E-state index in [4.69, 9.17) is 0 Å². The molecule has 3 nitrogen and oxygen atoms in total. The quantitative estimate of drug-likeness (QED) is 0.860. The van der Waals surface area contributed by atoms with Gasteiger partial charge in [0.25, 0.3) is 0 Å². The molecule has 0 spiro atoms. The molecule has 0 aliphatic rings. The van der Waals surface area contributed by atoms with Gasteiger partial charge in [0.15, 0.2) is 0 Å². The van der Waals surface area contributed by atoms with Crippen LogP contribution >= 0.6 is 15.9 Å². The van der Waals surface area contributed by atoms with E-state index in [1.807, 2.05) is 19.1 Å². The van der Waals surface area contributed by atoms with Crippen molar-refractivity contribution in [3.63, 3.8) is 0 Å². The van der Waals surface area contributed by atoms with Crippen molar-refractivity contribution >= 4 is 21.9 Å². The van der Waals surface area contributed by atoms with Crippen LogP contribution in [0.25, 0.3) is 0 Å². The summed E-state index contributed by atoms with van der Waals surface area (Å²) in [6.07, 6.45) is -0.856. The molecule has 0 aliphatic carbocycles. The van der Waals surface area contributed by atoms with Gasteiger partial charge in [-0.15, -0.1) is 0 Å². The van der Waals surface area contributed by atoms with Crippen molar-refractivity contribution in [1.82, 2.24) is 0 Å². The molecule has 0 fully saturated rings. The molecule has 4 heteroatoms. The normalized spacial score (nSPS) is 12.3. The van der Waals surface area contributed by atoms with Crippen molar-refractivity contribution in [1.29, 1.82) is 0 Å². The van der Waals surface area contributed by atoms with Crippen molar-refractivity contribution in [3.05, 3.63) is 33.8 Å². The highest BCUT2D eigenvalue weighted by atomic mass is 79.9. The number of rotatable bonds is 3. The van der Waals surface area contributed by atoms with E-state index in [-0.39, 0.29) is 6.42 Å². The second-order valence-corrected chi connectivity index (χ2v) is 4.18. The third-order valence-electron chi connectivity index (χ3n) is 2.10. The lowest BCUT2D eigenvalue weighted by atomic mass is 10.1. The number of carbonyl (C=O) groups excluding carboxylic acids is 1. The average molecular weight is 273 g/mol. The molecule has 0 aromatic heterocycles. The lowest BCUT2D eigenvalue weighted by molar-refractivity contribution is -0.142. The lowest BCUT2D eigenvalue weighted by Gasteiger charge is -2.11. The highest BCUT2D eigenvalue weighted by molar-refractivity contribution is 9.10. The van der Waals surface area contributed by atoms with Gasteiger partial charge in [-0.3, -0.25) is 4.79 Å². The Bertz CT molecular complexity index is 363. The molecule has 82 valence electrons. The summed E-state index contributed by atoms with van der Waals surface area (Å²) in [5.41, 5.74) is 1.79. The first-order chi connectivity index (χ1) is 7.04. The first kappa shape index (κ1) is 12.2. The number of aliphatic hydroxyl groups is 1. The zero-order valence-corrected chi connectivity index (χ0v) is 10.2. The topological polar surface area (TPSA) is 46.5 Å². The molecule has 0 saturated carbocycles. The molecule has 0 amide bonds. The molecule has 1 aromatic carbocycles. The van der Waals surface area contributed by atoms with Crippen molar-refractivity contribution < 1.29 is 14.6 Å². The largest absolute Gasteiger partial charge is 0.469 e. The summed E-state index contributed by atoms with van der Waals surface area (Å²) < 4.78 is 5.30. The van der Waals surface area contributed by atoms with Gasteiger partial charge in [-0.1, -0.05) is 28.1 Å². The zero-order chi connectivity index (χ0) is 11.4. The smallest absolute Gasteiger partial charge is 0.308 e. The SMILES string of the molecule is COC(=O)CC(O)c1ccc(C)cc1Br.